The van der Waals surface area contributed by atoms with Crippen molar-refractivity contribution in [3.63, 3.8) is 0 Å². The molecule has 1 aliphatic carbocycles. The summed E-state index contributed by atoms with van der Waals surface area (Å²) < 4.78 is 0. The van der Waals surface area contributed by atoms with Crippen LogP contribution in [0.4, 0.5) is 5.69 Å². The lowest BCUT2D eigenvalue weighted by atomic mass is 9.87. The van der Waals surface area contributed by atoms with E-state index in [-0.39, 0.29) is 0 Å². The highest BCUT2D eigenvalue weighted by molar-refractivity contribution is 6.55. The number of hydrazone groups is 1. The Labute approximate surface area is 282 Å². The molecule has 6 nitrogen and oxygen atoms in total. The van der Waals surface area contributed by atoms with E-state index in [4.69, 9.17) is 25.5 Å². The highest BCUT2D eigenvalue weighted by Gasteiger charge is 2.24. The normalized spacial score (nSPS) is 13.3. The van der Waals surface area contributed by atoms with Crippen molar-refractivity contribution in [1.29, 1.82) is 5.41 Å². The Morgan fingerprint density at radius 3 is 1.80 bits per heavy atom. The van der Waals surface area contributed by atoms with Crippen LogP contribution in [0.1, 0.15) is 11.1 Å². The predicted octanol–water partition coefficient (Wildman–Crippen LogP) is 10.2. The SMILES string of the molecule is N=C1C=Cc2c(-c3ccccc3)nc3cc(-c4ccc5ccc6ccc(-c7ccccc7)nc6c5n4)ccc3c2/C1=N/Nc1ccccc1. The molecule has 5 aromatic carbocycles. The van der Waals surface area contributed by atoms with Gasteiger partial charge in [0.05, 0.1) is 45.0 Å². The summed E-state index contributed by atoms with van der Waals surface area (Å²) >= 11 is 0. The Hall–Kier alpha value is -6.79. The van der Waals surface area contributed by atoms with Crippen LogP contribution in [0.3, 0.4) is 0 Å². The first kappa shape index (κ1) is 28.4. The van der Waals surface area contributed by atoms with Gasteiger partial charge in [0.2, 0.25) is 0 Å². The van der Waals surface area contributed by atoms with Gasteiger partial charge in [0.15, 0.2) is 0 Å². The van der Waals surface area contributed by atoms with Crippen LogP contribution < -0.4 is 5.43 Å². The lowest BCUT2D eigenvalue weighted by Crippen LogP contribution is -2.20. The third-order valence-electron chi connectivity index (χ3n) is 8.94. The van der Waals surface area contributed by atoms with E-state index in [9.17, 15) is 0 Å². The number of fused-ring (bicyclic) bond motifs is 6. The summed E-state index contributed by atoms with van der Waals surface area (Å²) in [5.74, 6) is 0. The first-order valence-electron chi connectivity index (χ1n) is 16.2. The molecule has 1 aliphatic rings. The fourth-order valence-electron chi connectivity index (χ4n) is 6.50. The average molecular weight is 629 g/mol. The number of allylic oxidation sites excluding steroid dienone is 1. The lowest BCUT2D eigenvalue weighted by molar-refractivity contribution is 1.32. The molecule has 230 valence electrons. The number of nitrogens with one attached hydrogen (secondary N) is 2. The fraction of sp³-hybridized carbons (Fsp3) is 0. The van der Waals surface area contributed by atoms with E-state index in [2.05, 4.69) is 84.3 Å². The Morgan fingerprint density at radius 2 is 1.12 bits per heavy atom. The van der Waals surface area contributed by atoms with E-state index < -0.39 is 0 Å². The zero-order valence-electron chi connectivity index (χ0n) is 26.3. The predicted molar refractivity (Wildman–Crippen MR) is 202 cm³/mol. The Balaban J connectivity index is 1.22. The number of hydrogen-bond acceptors (Lipinski definition) is 6. The third-order valence-corrected chi connectivity index (χ3v) is 8.94. The minimum atomic E-state index is 0.331. The molecule has 8 aromatic rings. The van der Waals surface area contributed by atoms with Gasteiger partial charge in [-0.2, -0.15) is 5.10 Å². The van der Waals surface area contributed by atoms with Crippen LogP contribution in [-0.4, -0.2) is 26.4 Å². The van der Waals surface area contributed by atoms with Crippen molar-refractivity contribution in [2.45, 2.75) is 0 Å². The minimum Gasteiger partial charge on any atom is -0.299 e. The van der Waals surface area contributed by atoms with Gasteiger partial charge in [-0.1, -0.05) is 115 Å². The van der Waals surface area contributed by atoms with Crippen LogP contribution in [0.15, 0.2) is 157 Å². The topological polar surface area (TPSA) is 86.9 Å². The molecular weight excluding hydrogens is 601 g/mol. The second-order valence-electron chi connectivity index (χ2n) is 12.0. The first-order valence-corrected chi connectivity index (χ1v) is 16.2. The molecule has 0 fully saturated rings. The molecule has 0 unspecified atom stereocenters. The maximum atomic E-state index is 8.89. The van der Waals surface area contributed by atoms with E-state index >= 15 is 0 Å². The number of para-hydroxylation sites is 1. The molecule has 0 atom stereocenters. The molecule has 0 bridgehead atoms. The molecule has 0 radical (unpaired) electrons. The van der Waals surface area contributed by atoms with Crippen LogP contribution in [-0.2, 0) is 0 Å². The Bertz CT molecular complexity index is 2630. The van der Waals surface area contributed by atoms with Crippen LogP contribution in [0.25, 0.3) is 72.6 Å². The summed E-state index contributed by atoms with van der Waals surface area (Å²) in [6, 6.07) is 49.0. The van der Waals surface area contributed by atoms with Gasteiger partial charge in [-0.3, -0.25) is 10.8 Å². The number of anilines is 1. The van der Waals surface area contributed by atoms with Crippen LogP contribution >= 0.6 is 0 Å². The summed E-state index contributed by atoms with van der Waals surface area (Å²) in [6.45, 7) is 0. The zero-order chi connectivity index (χ0) is 32.7. The summed E-state index contributed by atoms with van der Waals surface area (Å²) in [6.07, 6.45) is 3.78. The number of aromatic nitrogens is 3. The molecular formula is C43H28N6. The van der Waals surface area contributed by atoms with Gasteiger partial charge in [0.25, 0.3) is 0 Å². The highest BCUT2D eigenvalue weighted by atomic mass is 15.3. The molecule has 3 heterocycles. The lowest BCUT2D eigenvalue weighted by Gasteiger charge is -2.20. The van der Waals surface area contributed by atoms with Gasteiger partial charge >= 0.3 is 0 Å². The van der Waals surface area contributed by atoms with Gasteiger partial charge in [0, 0.05) is 44.0 Å². The summed E-state index contributed by atoms with van der Waals surface area (Å²) in [7, 11) is 0. The standard InChI is InChI=1S/C43H28N6/c44-35-23-22-34-39(43(35)49-48-32-14-8-3-9-15-32)33-21-18-31(26-38(33)47-40(34)28-12-6-2-7-13-28)37-25-20-30-17-16-29-19-24-36(27-10-4-1-5-11-27)45-41(29)42(30)46-37/h1-26,44,48H/b44-35?,49-43+. The average Bonchev–Trinajstić information content (AvgIpc) is 3.17. The summed E-state index contributed by atoms with van der Waals surface area (Å²) in [5, 5.41) is 16.7. The molecule has 2 N–H and O–H groups in total. The van der Waals surface area contributed by atoms with Crippen molar-refractivity contribution < 1.29 is 0 Å². The molecule has 0 amide bonds. The van der Waals surface area contributed by atoms with Gasteiger partial charge in [-0.25, -0.2) is 15.0 Å². The van der Waals surface area contributed by atoms with Crippen molar-refractivity contribution >= 4 is 55.9 Å². The van der Waals surface area contributed by atoms with Crippen molar-refractivity contribution in [3.05, 3.63) is 163 Å². The maximum Gasteiger partial charge on any atom is 0.117 e. The third kappa shape index (κ3) is 5.12. The number of pyridine rings is 3. The molecule has 9 rings (SSSR count). The van der Waals surface area contributed by atoms with Gasteiger partial charge in [0.1, 0.15) is 5.71 Å². The van der Waals surface area contributed by atoms with Gasteiger partial charge < -0.3 is 0 Å². The maximum absolute atomic E-state index is 8.89. The highest BCUT2D eigenvalue weighted by Crippen LogP contribution is 2.36. The van der Waals surface area contributed by atoms with Crippen LogP contribution in [0, 0.1) is 5.41 Å². The summed E-state index contributed by atoms with van der Waals surface area (Å²) in [5.41, 5.74) is 14.9. The van der Waals surface area contributed by atoms with Crippen molar-refractivity contribution in [1.82, 2.24) is 15.0 Å². The Morgan fingerprint density at radius 1 is 0.531 bits per heavy atom. The second kappa shape index (κ2) is 11.8. The van der Waals surface area contributed by atoms with Crippen molar-refractivity contribution in [2.24, 2.45) is 5.10 Å². The molecule has 0 aliphatic heterocycles. The largest absolute Gasteiger partial charge is 0.299 e. The first-order chi connectivity index (χ1) is 24.2. The monoisotopic (exact) mass is 628 g/mol. The molecule has 3 aromatic heterocycles. The number of hydrogen-bond donors (Lipinski definition) is 2. The summed E-state index contributed by atoms with van der Waals surface area (Å²) in [4.78, 5) is 15.5. The smallest absolute Gasteiger partial charge is 0.117 e. The molecule has 0 spiro atoms. The second-order valence-corrected chi connectivity index (χ2v) is 12.0. The number of rotatable bonds is 5. The molecule has 49 heavy (non-hydrogen) atoms. The van der Waals surface area contributed by atoms with E-state index in [1.807, 2.05) is 72.8 Å². The molecule has 6 heteroatoms. The quantitative estimate of drug-likeness (QED) is 0.147. The van der Waals surface area contributed by atoms with Gasteiger partial charge in [-0.15, -0.1) is 0 Å². The molecule has 0 saturated heterocycles. The van der Waals surface area contributed by atoms with E-state index in [0.717, 1.165) is 83.3 Å². The van der Waals surface area contributed by atoms with Crippen LogP contribution in [0.2, 0.25) is 0 Å². The minimum absolute atomic E-state index is 0.331. The molecule has 0 saturated carbocycles. The number of nitrogens with zero attached hydrogens (tertiary/aromatic N) is 4. The Kier molecular flexibility index (Phi) is 6.84. The van der Waals surface area contributed by atoms with E-state index in [0.29, 0.717) is 11.4 Å². The number of benzene rings is 5. The zero-order valence-corrected chi connectivity index (χ0v) is 26.3. The van der Waals surface area contributed by atoms with Crippen LogP contribution in [0.5, 0.6) is 0 Å². The van der Waals surface area contributed by atoms with Gasteiger partial charge in [-0.05, 0) is 42.5 Å². The van der Waals surface area contributed by atoms with E-state index in [1.54, 1.807) is 6.08 Å². The van der Waals surface area contributed by atoms with Crippen molar-refractivity contribution in [3.8, 4) is 33.8 Å². The fourth-order valence-corrected chi connectivity index (χ4v) is 6.50. The van der Waals surface area contributed by atoms with E-state index in [1.165, 1.54) is 0 Å². The van der Waals surface area contributed by atoms with Crippen molar-refractivity contribution in [2.75, 3.05) is 5.43 Å².